The van der Waals surface area contributed by atoms with E-state index >= 15 is 0 Å². The summed E-state index contributed by atoms with van der Waals surface area (Å²) in [6, 6.07) is 51.4. The van der Waals surface area contributed by atoms with Gasteiger partial charge in [0.25, 0.3) is 6.33 Å². The molecule has 0 bridgehead atoms. The number of benzene rings is 6. The summed E-state index contributed by atoms with van der Waals surface area (Å²) >= 11 is 0. The molecule has 0 atom stereocenters. The van der Waals surface area contributed by atoms with Crippen molar-refractivity contribution in [3.63, 3.8) is 0 Å². The van der Waals surface area contributed by atoms with Crippen LogP contribution in [-0.4, -0.2) is 19.5 Å². The van der Waals surface area contributed by atoms with E-state index in [1.54, 1.807) is 0 Å². The molecule has 3 aromatic heterocycles. The molecule has 0 unspecified atom stereocenters. The fourth-order valence-corrected chi connectivity index (χ4v) is 6.19. The van der Waals surface area contributed by atoms with Crippen molar-refractivity contribution < 1.29 is 8.98 Å². The van der Waals surface area contributed by atoms with Crippen LogP contribution in [0.15, 0.2) is 162 Å². The molecule has 6 aromatic carbocycles. The highest BCUT2D eigenvalue weighted by molar-refractivity contribution is 6.12. The van der Waals surface area contributed by atoms with Gasteiger partial charge in [-0.25, -0.2) is 15.0 Å². The Morgan fingerprint density at radius 2 is 1.15 bits per heavy atom. The molecule has 46 heavy (non-hydrogen) atoms. The lowest BCUT2D eigenvalue weighted by atomic mass is 10.0. The average molecular weight is 593 g/mol. The number of fused-ring (bicyclic) bond motifs is 4. The molecule has 0 aliphatic carbocycles. The van der Waals surface area contributed by atoms with Crippen molar-refractivity contribution in [1.82, 2.24) is 19.5 Å². The van der Waals surface area contributed by atoms with Gasteiger partial charge >= 0.3 is 0 Å². The zero-order valence-electron chi connectivity index (χ0n) is 24.7. The normalized spacial score (nSPS) is 11.5. The van der Waals surface area contributed by atoms with E-state index < -0.39 is 0 Å². The Labute approximate surface area is 264 Å². The van der Waals surface area contributed by atoms with Crippen molar-refractivity contribution in [2.24, 2.45) is 0 Å². The number of nitrogens with zero attached hydrogens (tertiary/aromatic N) is 5. The van der Waals surface area contributed by atoms with Crippen LogP contribution in [0.25, 0.3) is 78.5 Å². The van der Waals surface area contributed by atoms with Gasteiger partial charge in [-0.1, -0.05) is 103 Å². The molecule has 9 aromatic rings. The van der Waals surface area contributed by atoms with Gasteiger partial charge in [0.05, 0.1) is 0 Å². The number of furan rings is 1. The zero-order valence-corrected chi connectivity index (χ0v) is 24.7. The summed E-state index contributed by atoms with van der Waals surface area (Å²) in [7, 11) is 0. The zero-order chi connectivity index (χ0) is 30.5. The van der Waals surface area contributed by atoms with Gasteiger partial charge in [-0.3, -0.25) is 0 Å². The summed E-state index contributed by atoms with van der Waals surface area (Å²) in [6.07, 6.45) is 2.15. The maximum atomic E-state index is 6.41. The van der Waals surface area contributed by atoms with E-state index in [0.29, 0.717) is 17.5 Å². The van der Waals surface area contributed by atoms with Gasteiger partial charge in [-0.2, -0.15) is 9.13 Å². The van der Waals surface area contributed by atoms with E-state index in [-0.39, 0.29) is 0 Å². The highest BCUT2D eigenvalue weighted by Crippen LogP contribution is 2.37. The van der Waals surface area contributed by atoms with Crippen molar-refractivity contribution in [2.75, 3.05) is 0 Å². The third-order valence-electron chi connectivity index (χ3n) is 8.36. The lowest BCUT2D eigenvalue weighted by Crippen LogP contribution is -2.28. The lowest BCUT2D eigenvalue weighted by Gasteiger charge is -2.09. The summed E-state index contributed by atoms with van der Waals surface area (Å²) in [5.74, 6) is 1.85. The first-order chi connectivity index (χ1) is 22.8. The lowest BCUT2D eigenvalue weighted by molar-refractivity contribution is -0.567. The van der Waals surface area contributed by atoms with E-state index in [1.165, 1.54) is 0 Å². The van der Waals surface area contributed by atoms with E-state index in [9.17, 15) is 0 Å². The number of imidazole rings is 1. The molecule has 0 saturated heterocycles. The third kappa shape index (κ3) is 4.35. The predicted molar refractivity (Wildman–Crippen MR) is 182 cm³/mol. The summed E-state index contributed by atoms with van der Waals surface area (Å²) in [4.78, 5) is 14.9. The number of hydrogen-bond donors (Lipinski definition) is 0. The van der Waals surface area contributed by atoms with Gasteiger partial charge in [0, 0.05) is 27.5 Å². The average Bonchev–Trinajstić information content (AvgIpc) is 3.71. The van der Waals surface area contributed by atoms with E-state index in [2.05, 4.69) is 82.2 Å². The molecule has 0 saturated carbocycles. The maximum Gasteiger partial charge on any atom is 0.255 e. The highest BCUT2D eigenvalue weighted by atomic mass is 16.3. The van der Waals surface area contributed by atoms with Crippen molar-refractivity contribution in [3.8, 4) is 45.5 Å². The molecule has 0 fully saturated rings. The first kappa shape index (κ1) is 26.0. The van der Waals surface area contributed by atoms with Crippen LogP contribution < -0.4 is 4.57 Å². The SMILES string of the molecule is c1ccc(-c2nc(-c3ccccc3)nc(-c3cccc4oc5ccc(-n6c[n+](-c7ccccc7)c7ccccc76)cc5c34)n2)cc1. The standard InChI is InChI=1S/C40H26N5O/c1-4-13-27(14-5-1)38-41-39(28-15-6-2-7-16-28)43-40(42-38)31-19-12-22-36-37(31)32-25-30(23-24-35(32)46-36)45-26-44(29-17-8-3-9-18-29)33-20-10-11-21-34(33)45/h1-26H/q+1. The number of hydrogen-bond acceptors (Lipinski definition) is 4. The van der Waals surface area contributed by atoms with Gasteiger partial charge in [0.2, 0.25) is 0 Å². The van der Waals surface area contributed by atoms with Crippen molar-refractivity contribution in [3.05, 3.63) is 158 Å². The Morgan fingerprint density at radius 1 is 0.522 bits per heavy atom. The molecule has 9 rings (SSSR count). The Morgan fingerprint density at radius 3 is 1.87 bits per heavy atom. The number of aromatic nitrogens is 5. The molecule has 216 valence electrons. The second kappa shape index (κ2) is 10.6. The van der Waals surface area contributed by atoms with Crippen LogP contribution in [0.4, 0.5) is 0 Å². The van der Waals surface area contributed by atoms with Gasteiger partial charge < -0.3 is 4.42 Å². The predicted octanol–water partition coefficient (Wildman–Crippen LogP) is 8.99. The molecule has 6 heteroatoms. The largest absolute Gasteiger partial charge is 0.456 e. The fourth-order valence-electron chi connectivity index (χ4n) is 6.19. The molecule has 3 heterocycles. The smallest absolute Gasteiger partial charge is 0.255 e. The molecule has 0 aliphatic heterocycles. The van der Waals surface area contributed by atoms with Gasteiger partial charge in [0.15, 0.2) is 28.5 Å². The molecule has 0 amide bonds. The first-order valence-electron chi connectivity index (χ1n) is 15.2. The Hall–Kier alpha value is -6.40. The third-order valence-corrected chi connectivity index (χ3v) is 8.36. The maximum absolute atomic E-state index is 6.41. The molecule has 0 aliphatic rings. The number of rotatable bonds is 5. The minimum Gasteiger partial charge on any atom is -0.456 e. The molecule has 6 nitrogen and oxygen atoms in total. The topological polar surface area (TPSA) is 60.6 Å². The van der Waals surface area contributed by atoms with Gasteiger partial charge in [-0.05, 0) is 48.5 Å². The molecule has 0 radical (unpaired) electrons. The van der Waals surface area contributed by atoms with E-state index in [4.69, 9.17) is 19.4 Å². The highest BCUT2D eigenvalue weighted by Gasteiger charge is 2.22. The Balaban J connectivity index is 1.27. The second-order valence-electron chi connectivity index (χ2n) is 11.2. The minimum absolute atomic E-state index is 0.597. The van der Waals surface area contributed by atoms with Crippen molar-refractivity contribution >= 4 is 33.0 Å². The monoisotopic (exact) mass is 592 g/mol. The molecular formula is C40H26N5O+. The fraction of sp³-hybridized carbons (Fsp3) is 0. The van der Waals surface area contributed by atoms with E-state index in [1.807, 2.05) is 84.9 Å². The Bertz CT molecular complexity index is 2460. The summed E-state index contributed by atoms with van der Waals surface area (Å²) < 4.78 is 10.9. The van der Waals surface area contributed by atoms with Crippen molar-refractivity contribution in [1.29, 1.82) is 0 Å². The van der Waals surface area contributed by atoms with Crippen LogP contribution in [0.1, 0.15) is 0 Å². The van der Waals surface area contributed by atoms with Gasteiger partial charge in [0.1, 0.15) is 22.5 Å². The van der Waals surface area contributed by atoms with Crippen LogP contribution in [0.2, 0.25) is 0 Å². The van der Waals surface area contributed by atoms with Crippen molar-refractivity contribution in [2.45, 2.75) is 0 Å². The van der Waals surface area contributed by atoms with E-state index in [0.717, 1.165) is 61.0 Å². The Kier molecular flexibility index (Phi) is 6.03. The van der Waals surface area contributed by atoms with Gasteiger partial charge in [-0.15, -0.1) is 0 Å². The van der Waals surface area contributed by atoms with Crippen LogP contribution in [0.5, 0.6) is 0 Å². The minimum atomic E-state index is 0.597. The van der Waals surface area contributed by atoms with Crippen LogP contribution in [0, 0.1) is 0 Å². The van der Waals surface area contributed by atoms with Crippen LogP contribution in [0.3, 0.4) is 0 Å². The van der Waals surface area contributed by atoms with Crippen LogP contribution in [-0.2, 0) is 0 Å². The summed E-state index contributed by atoms with van der Waals surface area (Å²) in [5, 5.41) is 1.96. The summed E-state index contributed by atoms with van der Waals surface area (Å²) in [6.45, 7) is 0. The van der Waals surface area contributed by atoms with Crippen LogP contribution >= 0.6 is 0 Å². The summed E-state index contributed by atoms with van der Waals surface area (Å²) in [5.41, 5.74) is 8.71. The molecule has 0 N–H and O–H groups in total. The molecular weight excluding hydrogens is 566 g/mol. The number of para-hydroxylation sites is 3. The molecule has 0 spiro atoms. The first-order valence-corrected chi connectivity index (χ1v) is 15.2. The quantitative estimate of drug-likeness (QED) is 0.187. The second-order valence-corrected chi connectivity index (χ2v) is 11.2.